The van der Waals surface area contributed by atoms with E-state index < -0.39 is 17.7 Å². The number of halogens is 3. The lowest BCUT2D eigenvalue weighted by atomic mass is 10.1. The number of rotatable bonds is 3. The van der Waals surface area contributed by atoms with E-state index in [0.717, 1.165) is 17.0 Å². The molecule has 106 valence electrons. The van der Waals surface area contributed by atoms with Gasteiger partial charge in [-0.1, -0.05) is 12.1 Å². The number of esters is 1. The molecule has 0 atom stereocenters. The predicted molar refractivity (Wildman–Crippen MR) is 64.5 cm³/mol. The highest BCUT2D eigenvalue weighted by molar-refractivity contribution is 5.87. The second-order valence-electron chi connectivity index (χ2n) is 3.90. The maximum absolute atomic E-state index is 12.9. The van der Waals surface area contributed by atoms with Gasteiger partial charge >= 0.3 is 12.1 Å². The van der Waals surface area contributed by atoms with Crippen LogP contribution in [0.2, 0.25) is 0 Å². The van der Waals surface area contributed by atoms with Gasteiger partial charge in [-0.15, -0.1) is 0 Å². The van der Waals surface area contributed by atoms with Crippen LogP contribution in [-0.4, -0.2) is 22.1 Å². The van der Waals surface area contributed by atoms with E-state index in [1.54, 1.807) is 6.92 Å². The lowest BCUT2D eigenvalue weighted by molar-refractivity contribution is -0.137. The Hall–Kier alpha value is -2.31. The van der Waals surface area contributed by atoms with Crippen LogP contribution in [-0.2, 0) is 10.9 Å². The highest BCUT2D eigenvalue weighted by Gasteiger charge is 2.33. The molecule has 0 radical (unpaired) electrons. The van der Waals surface area contributed by atoms with E-state index in [9.17, 15) is 18.0 Å². The number of ether oxygens (including phenoxy) is 1. The molecular weight excluding hydrogens is 273 g/mol. The van der Waals surface area contributed by atoms with Crippen molar-refractivity contribution in [1.82, 2.24) is 9.55 Å². The Labute approximate surface area is 112 Å². The fourth-order valence-corrected chi connectivity index (χ4v) is 1.70. The van der Waals surface area contributed by atoms with E-state index >= 15 is 0 Å². The zero-order valence-electron chi connectivity index (χ0n) is 10.5. The van der Waals surface area contributed by atoms with Crippen molar-refractivity contribution in [3.05, 3.63) is 48.0 Å². The maximum atomic E-state index is 12.9. The van der Waals surface area contributed by atoms with Crippen LogP contribution in [0.25, 0.3) is 5.69 Å². The van der Waals surface area contributed by atoms with E-state index in [1.165, 1.54) is 24.4 Å². The van der Waals surface area contributed by atoms with Crippen LogP contribution in [0.5, 0.6) is 0 Å². The van der Waals surface area contributed by atoms with Crippen molar-refractivity contribution < 1.29 is 22.7 Å². The van der Waals surface area contributed by atoms with Gasteiger partial charge in [0.1, 0.15) is 6.33 Å². The molecule has 0 saturated carbocycles. The fourth-order valence-electron chi connectivity index (χ4n) is 1.70. The average Bonchev–Trinajstić information content (AvgIpc) is 2.87. The number of carbonyl (C=O) groups is 1. The standard InChI is InChI=1S/C13H11F3N2O2/c1-2-20-12(19)10-7-18(8-17-10)11-6-4-3-5-9(11)13(14,15)16/h3-8H,2H2,1H3. The topological polar surface area (TPSA) is 44.1 Å². The van der Waals surface area contributed by atoms with Crippen molar-refractivity contribution in [2.24, 2.45) is 0 Å². The van der Waals surface area contributed by atoms with Gasteiger partial charge in [0.25, 0.3) is 0 Å². The van der Waals surface area contributed by atoms with Crippen LogP contribution in [0.1, 0.15) is 23.0 Å². The monoisotopic (exact) mass is 284 g/mol. The number of alkyl halides is 3. The van der Waals surface area contributed by atoms with Crippen molar-refractivity contribution in [3.63, 3.8) is 0 Å². The summed E-state index contributed by atoms with van der Waals surface area (Å²) in [5.41, 5.74) is -0.931. The van der Waals surface area contributed by atoms with Crippen molar-refractivity contribution in [1.29, 1.82) is 0 Å². The molecule has 0 bridgehead atoms. The number of nitrogens with zero attached hydrogens (tertiary/aromatic N) is 2. The quantitative estimate of drug-likeness (QED) is 0.814. The molecule has 0 aliphatic heterocycles. The summed E-state index contributed by atoms with van der Waals surface area (Å²) >= 11 is 0. The third kappa shape index (κ3) is 2.81. The molecule has 1 aromatic heterocycles. The number of aromatic nitrogens is 2. The Bertz CT molecular complexity index is 620. The maximum Gasteiger partial charge on any atom is 0.418 e. The summed E-state index contributed by atoms with van der Waals surface area (Å²) in [6.45, 7) is 1.80. The Morgan fingerprint density at radius 2 is 2.05 bits per heavy atom. The van der Waals surface area contributed by atoms with E-state index in [4.69, 9.17) is 4.74 Å². The molecule has 0 unspecified atom stereocenters. The number of hydrogen-bond donors (Lipinski definition) is 0. The molecule has 0 aliphatic rings. The lowest BCUT2D eigenvalue weighted by Gasteiger charge is -2.12. The second-order valence-corrected chi connectivity index (χ2v) is 3.90. The molecule has 0 amide bonds. The fraction of sp³-hybridized carbons (Fsp3) is 0.231. The van der Waals surface area contributed by atoms with Crippen molar-refractivity contribution in [2.45, 2.75) is 13.1 Å². The van der Waals surface area contributed by atoms with E-state index in [2.05, 4.69) is 4.98 Å². The van der Waals surface area contributed by atoms with Crippen LogP contribution in [0, 0.1) is 0 Å². The van der Waals surface area contributed by atoms with Gasteiger partial charge in [0.05, 0.1) is 17.9 Å². The zero-order valence-corrected chi connectivity index (χ0v) is 10.5. The molecule has 2 aromatic rings. The predicted octanol–water partition coefficient (Wildman–Crippen LogP) is 3.07. The van der Waals surface area contributed by atoms with Crippen molar-refractivity contribution in [3.8, 4) is 5.69 Å². The minimum absolute atomic E-state index is 0.0381. The Kier molecular flexibility index (Phi) is 3.78. The molecule has 0 N–H and O–H groups in total. The molecule has 1 heterocycles. The first-order valence-corrected chi connectivity index (χ1v) is 5.81. The summed E-state index contributed by atoms with van der Waals surface area (Å²) in [5, 5.41) is 0. The third-order valence-electron chi connectivity index (χ3n) is 2.55. The number of benzene rings is 1. The number of carbonyl (C=O) groups excluding carboxylic acids is 1. The van der Waals surface area contributed by atoms with Gasteiger partial charge in [-0.25, -0.2) is 9.78 Å². The first-order valence-electron chi connectivity index (χ1n) is 5.81. The molecule has 0 fully saturated rings. The van der Waals surface area contributed by atoms with Gasteiger partial charge < -0.3 is 9.30 Å². The Morgan fingerprint density at radius 3 is 2.70 bits per heavy atom. The Balaban J connectivity index is 2.41. The van der Waals surface area contributed by atoms with Crippen molar-refractivity contribution in [2.75, 3.05) is 6.61 Å². The zero-order chi connectivity index (χ0) is 14.8. The first kappa shape index (κ1) is 14.1. The summed E-state index contributed by atoms with van der Waals surface area (Å²) in [4.78, 5) is 15.2. The highest BCUT2D eigenvalue weighted by atomic mass is 19.4. The third-order valence-corrected chi connectivity index (χ3v) is 2.55. The summed E-state index contributed by atoms with van der Waals surface area (Å²) in [6, 6.07) is 5.06. The van der Waals surface area contributed by atoms with Crippen LogP contribution < -0.4 is 0 Å². The Morgan fingerprint density at radius 1 is 1.35 bits per heavy atom. The molecule has 20 heavy (non-hydrogen) atoms. The average molecular weight is 284 g/mol. The van der Waals surface area contributed by atoms with E-state index in [-0.39, 0.29) is 18.0 Å². The largest absolute Gasteiger partial charge is 0.461 e. The summed E-state index contributed by atoms with van der Waals surface area (Å²) < 4.78 is 44.6. The molecular formula is C13H11F3N2O2. The van der Waals surface area contributed by atoms with Gasteiger partial charge in [0.15, 0.2) is 5.69 Å². The highest BCUT2D eigenvalue weighted by Crippen LogP contribution is 2.33. The normalized spacial score (nSPS) is 11.4. The van der Waals surface area contributed by atoms with Gasteiger partial charge in [-0.3, -0.25) is 0 Å². The summed E-state index contributed by atoms with van der Waals surface area (Å²) in [7, 11) is 0. The van der Waals surface area contributed by atoms with Crippen LogP contribution >= 0.6 is 0 Å². The van der Waals surface area contributed by atoms with E-state index in [1.807, 2.05) is 0 Å². The molecule has 0 spiro atoms. The minimum Gasteiger partial charge on any atom is -0.461 e. The molecule has 4 nitrogen and oxygen atoms in total. The summed E-state index contributed by atoms with van der Waals surface area (Å²) in [6.07, 6.45) is -2.12. The SMILES string of the molecule is CCOC(=O)c1cn(-c2ccccc2C(F)(F)F)cn1. The number of para-hydroxylation sites is 1. The van der Waals surface area contributed by atoms with Crippen LogP contribution in [0.4, 0.5) is 13.2 Å². The first-order chi connectivity index (χ1) is 9.43. The van der Waals surface area contributed by atoms with Gasteiger partial charge in [0.2, 0.25) is 0 Å². The number of hydrogen-bond acceptors (Lipinski definition) is 3. The lowest BCUT2D eigenvalue weighted by Crippen LogP contribution is -2.10. The summed E-state index contributed by atoms with van der Waals surface area (Å²) in [5.74, 6) is -0.671. The van der Waals surface area contributed by atoms with Gasteiger partial charge in [0, 0.05) is 6.20 Å². The second kappa shape index (κ2) is 5.36. The smallest absolute Gasteiger partial charge is 0.418 e. The van der Waals surface area contributed by atoms with Crippen LogP contribution in [0.15, 0.2) is 36.8 Å². The van der Waals surface area contributed by atoms with E-state index in [0.29, 0.717) is 0 Å². The van der Waals surface area contributed by atoms with Crippen molar-refractivity contribution >= 4 is 5.97 Å². The van der Waals surface area contributed by atoms with Gasteiger partial charge in [-0.2, -0.15) is 13.2 Å². The minimum atomic E-state index is -4.48. The van der Waals surface area contributed by atoms with Gasteiger partial charge in [-0.05, 0) is 19.1 Å². The molecule has 0 aliphatic carbocycles. The molecule has 7 heteroatoms. The molecule has 1 aromatic carbocycles. The van der Waals surface area contributed by atoms with Crippen LogP contribution in [0.3, 0.4) is 0 Å². The number of imidazole rings is 1. The molecule has 2 rings (SSSR count). The molecule has 0 saturated heterocycles.